The van der Waals surface area contributed by atoms with Crippen molar-refractivity contribution in [1.29, 1.82) is 0 Å². The second-order valence-corrected chi connectivity index (χ2v) is 8.31. The number of nitrogens with zero attached hydrogens (tertiary/aromatic N) is 2. The van der Waals surface area contributed by atoms with E-state index in [-0.39, 0.29) is 24.6 Å². The lowest BCUT2D eigenvalue weighted by molar-refractivity contribution is -0.0243. The van der Waals surface area contributed by atoms with Crippen LogP contribution in [0.1, 0.15) is 96.0 Å². The Hall–Kier alpha value is -1.66. The molecule has 2 atom stereocenters. The molecule has 1 aliphatic rings. The van der Waals surface area contributed by atoms with Gasteiger partial charge in [-0.25, -0.2) is 4.79 Å². The van der Waals surface area contributed by atoms with E-state index in [0.29, 0.717) is 12.1 Å². The molecule has 162 valence electrons. The van der Waals surface area contributed by atoms with E-state index >= 15 is 0 Å². The number of ether oxygens (including phenoxy) is 1. The number of fused-ring (bicyclic) bond motifs is 1. The molecule has 0 unspecified atom stereocenters. The highest BCUT2D eigenvalue weighted by Crippen LogP contribution is 2.28. The first-order valence-corrected chi connectivity index (χ1v) is 11.5. The summed E-state index contributed by atoms with van der Waals surface area (Å²) in [6.45, 7) is 2.24. The maximum Gasteiger partial charge on any atom is 0.353 e. The average molecular weight is 405 g/mol. The molecule has 29 heavy (non-hydrogen) atoms. The quantitative estimate of drug-likeness (QED) is 0.469. The van der Waals surface area contributed by atoms with Crippen LogP contribution in [0, 0.1) is 0 Å². The van der Waals surface area contributed by atoms with Crippen molar-refractivity contribution in [2.45, 2.75) is 103 Å². The average Bonchev–Trinajstić information content (AvgIpc) is 3.35. The van der Waals surface area contributed by atoms with Gasteiger partial charge >= 0.3 is 5.69 Å². The maximum absolute atomic E-state index is 12.3. The zero-order valence-corrected chi connectivity index (χ0v) is 17.8. The Labute approximate surface area is 173 Å². The number of aliphatic hydroxyl groups is 1. The van der Waals surface area contributed by atoms with Crippen molar-refractivity contribution in [1.82, 2.24) is 9.55 Å². The minimum Gasteiger partial charge on any atom is -0.443 e. The van der Waals surface area contributed by atoms with Gasteiger partial charge in [0, 0.05) is 12.6 Å². The fourth-order valence-corrected chi connectivity index (χ4v) is 4.12. The first-order valence-electron chi connectivity index (χ1n) is 11.5. The van der Waals surface area contributed by atoms with Crippen LogP contribution in [-0.2, 0) is 11.2 Å². The third-order valence-electron chi connectivity index (χ3n) is 5.86. The van der Waals surface area contributed by atoms with Crippen molar-refractivity contribution in [3.8, 4) is 0 Å². The number of furan rings is 1. The van der Waals surface area contributed by atoms with Crippen LogP contribution < -0.4 is 5.69 Å². The van der Waals surface area contributed by atoms with Crippen LogP contribution in [0.15, 0.2) is 21.5 Å². The highest BCUT2D eigenvalue weighted by atomic mass is 16.5. The lowest BCUT2D eigenvalue weighted by Gasteiger charge is -2.14. The van der Waals surface area contributed by atoms with E-state index in [9.17, 15) is 9.90 Å². The monoisotopic (exact) mass is 404 g/mol. The molecule has 1 saturated heterocycles. The molecule has 1 fully saturated rings. The Kier molecular flexibility index (Phi) is 8.74. The molecule has 1 aliphatic heterocycles. The lowest BCUT2D eigenvalue weighted by atomic mass is 10.1. The maximum atomic E-state index is 12.3. The number of rotatable bonds is 13. The Balaban J connectivity index is 1.42. The van der Waals surface area contributed by atoms with Gasteiger partial charge in [-0.05, 0) is 25.3 Å². The SMILES string of the molecule is CCCCCCCCCCCCc1cc2cn([C@H]3CC[C@@H](CO)O3)c(=O)nc2o1. The zero-order valence-electron chi connectivity index (χ0n) is 17.8. The number of aryl methyl sites for hydroxylation is 1. The summed E-state index contributed by atoms with van der Waals surface area (Å²) < 4.78 is 13.0. The van der Waals surface area contributed by atoms with Crippen molar-refractivity contribution in [2.24, 2.45) is 0 Å². The van der Waals surface area contributed by atoms with Gasteiger partial charge in [0.05, 0.1) is 18.1 Å². The second kappa shape index (κ2) is 11.5. The van der Waals surface area contributed by atoms with Gasteiger partial charge in [0.2, 0.25) is 5.71 Å². The fraction of sp³-hybridized carbons (Fsp3) is 0.739. The minimum absolute atomic E-state index is 0.0182. The molecule has 0 aliphatic carbocycles. The van der Waals surface area contributed by atoms with Crippen molar-refractivity contribution in [3.63, 3.8) is 0 Å². The summed E-state index contributed by atoms with van der Waals surface area (Å²) in [6, 6.07) is 1.99. The summed E-state index contributed by atoms with van der Waals surface area (Å²) in [5.74, 6) is 0.893. The highest BCUT2D eigenvalue weighted by molar-refractivity contribution is 5.72. The summed E-state index contributed by atoms with van der Waals surface area (Å²) in [5.41, 5.74) is 0.0472. The van der Waals surface area contributed by atoms with Crippen molar-refractivity contribution in [3.05, 3.63) is 28.5 Å². The first-order chi connectivity index (χ1) is 14.2. The van der Waals surface area contributed by atoms with Crippen LogP contribution >= 0.6 is 0 Å². The van der Waals surface area contributed by atoms with E-state index < -0.39 is 0 Å². The fourth-order valence-electron chi connectivity index (χ4n) is 4.12. The Morgan fingerprint density at radius 3 is 2.41 bits per heavy atom. The summed E-state index contributed by atoms with van der Waals surface area (Å²) in [7, 11) is 0. The van der Waals surface area contributed by atoms with E-state index in [1.807, 2.05) is 6.07 Å². The Morgan fingerprint density at radius 2 is 1.76 bits per heavy atom. The minimum atomic E-state index is -0.360. The van der Waals surface area contributed by atoms with Gasteiger partial charge in [-0.3, -0.25) is 4.57 Å². The Morgan fingerprint density at radius 1 is 1.07 bits per heavy atom. The van der Waals surface area contributed by atoms with Gasteiger partial charge in [0.1, 0.15) is 12.0 Å². The molecule has 2 aromatic heterocycles. The summed E-state index contributed by atoms with van der Waals surface area (Å²) in [5, 5.41) is 10.1. The molecule has 0 aromatic carbocycles. The molecule has 3 rings (SSSR count). The molecule has 2 aromatic rings. The van der Waals surface area contributed by atoms with Crippen molar-refractivity contribution < 1.29 is 14.3 Å². The molecule has 0 bridgehead atoms. The first kappa shape index (κ1) is 22.0. The molecule has 0 saturated carbocycles. The van der Waals surface area contributed by atoms with E-state index in [1.165, 1.54) is 62.4 Å². The summed E-state index contributed by atoms with van der Waals surface area (Å²) in [4.78, 5) is 16.4. The topological polar surface area (TPSA) is 77.5 Å². The highest BCUT2D eigenvalue weighted by Gasteiger charge is 2.27. The number of hydrogen-bond acceptors (Lipinski definition) is 5. The van der Waals surface area contributed by atoms with Crippen LogP contribution in [0.3, 0.4) is 0 Å². The third kappa shape index (κ3) is 6.41. The van der Waals surface area contributed by atoms with Crippen LogP contribution in [0.4, 0.5) is 0 Å². The van der Waals surface area contributed by atoms with Crippen LogP contribution in [-0.4, -0.2) is 27.4 Å². The van der Waals surface area contributed by atoms with Crippen molar-refractivity contribution in [2.75, 3.05) is 6.61 Å². The molecule has 0 spiro atoms. The van der Waals surface area contributed by atoms with E-state index in [1.54, 1.807) is 6.20 Å². The molecular weight excluding hydrogens is 368 g/mol. The van der Waals surface area contributed by atoms with Gasteiger partial charge in [-0.2, -0.15) is 4.98 Å². The summed E-state index contributed by atoms with van der Waals surface area (Å²) >= 11 is 0. The molecule has 6 heteroatoms. The second-order valence-electron chi connectivity index (χ2n) is 8.31. The largest absolute Gasteiger partial charge is 0.443 e. The van der Waals surface area contributed by atoms with Gasteiger partial charge in [-0.1, -0.05) is 64.7 Å². The molecular formula is C23H36N2O4. The number of aromatic nitrogens is 2. The molecule has 0 amide bonds. The molecule has 0 radical (unpaired) electrons. The lowest BCUT2D eigenvalue weighted by Crippen LogP contribution is -2.27. The van der Waals surface area contributed by atoms with E-state index in [4.69, 9.17) is 9.15 Å². The molecule has 1 N–H and O–H groups in total. The standard InChI is InChI=1S/C23H36N2O4/c1-2-3-4-5-6-7-8-9-10-11-12-19-15-18-16-25(23(27)24-22(18)29-19)21-14-13-20(17-26)28-21/h15-16,20-21,26H,2-14,17H2,1H3/t20-,21+/m0/s1. The van der Waals surface area contributed by atoms with Gasteiger partial charge < -0.3 is 14.3 Å². The van der Waals surface area contributed by atoms with Crippen LogP contribution in [0.2, 0.25) is 0 Å². The van der Waals surface area contributed by atoms with Crippen LogP contribution in [0.25, 0.3) is 11.1 Å². The normalized spacial score (nSPS) is 19.4. The predicted molar refractivity (Wildman–Crippen MR) is 114 cm³/mol. The smallest absolute Gasteiger partial charge is 0.353 e. The third-order valence-corrected chi connectivity index (χ3v) is 5.86. The number of unbranched alkanes of at least 4 members (excludes halogenated alkanes) is 9. The van der Waals surface area contributed by atoms with Gasteiger partial charge in [-0.15, -0.1) is 0 Å². The van der Waals surface area contributed by atoms with Gasteiger partial charge in [0.25, 0.3) is 0 Å². The van der Waals surface area contributed by atoms with Crippen molar-refractivity contribution >= 4 is 11.1 Å². The van der Waals surface area contributed by atoms with E-state index in [2.05, 4.69) is 11.9 Å². The number of aliphatic hydroxyl groups excluding tert-OH is 1. The van der Waals surface area contributed by atoms with Crippen LogP contribution in [0.5, 0.6) is 0 Å². The summed E-state index contributed by atoms with van der Waals surface area (Å²) in [6.07, 6.45) is 16.7. The predicted octanol–water partition coefficient (Wildman–Crippen LogP) is 5.12. The zero-order chi connectivity index (χ0) is 20.5. The molecule has 6 nitrogen and oxygen atoms in total. The van der Waals surface area contributed by atoms with E-state index in [0.717, 1.165) is 30.4 Å². The number of hydrogen-bond donors (Lipinski definition) is 1. The molecule has 3 heterocycles. The van der Waals surface area contributed by atoms with Gasteiger partial charge in [0.15, 0.2) is 0 Å². The Bertz CT molecular complexity index is 798.